The fraction of sp³-hybridized carbons (Fsp3) is 0.429. The summed E-state index contributed by atoms with van der Waals surface area (Å²) in [6.07, 6.45) is 1.21. The maximum absolute atomic E-state index is 13.4. The van der Waals surface area contributed by atoms with Crippen LogP contribution in [0.2, 0.25) is 0 Å². The summed E-state index contributed by atoms with van der Waals surface area (Å²) in [5.41, 5.74) is 0.176. The van der Waals surface area contributed by atoms with Gasteiger partial charge in [0.1, 0.15) is 5.82 Å². The minimum atomic E-state index is -0.455. The summed E-state index contributed by atoms with van der Waals surface area (Å²) in [4.78, 5) is 24.7. The van der Waals surface area contributed by atoms with Crippen LogP contribution in [-0.4, -0.2) is 42.9 Å². The smallest absolute Gasteiger partial charge is 0.238 e. The normalized spacial score (nSPS) is 19.0. The van der Waals surface area contributed by atoms with Crippen molar-refractivity contribution in [1.29, 1.82) is 0 Å². The van der Waals surface area contributed by atoms with Crippen molar-refractivity contribution in [2.75, 3.05) is 25.5 Å². The van der Waals surface area contributed by atoms with Crippen molar-refractivity contribution in [3.05, 3.63) is 30.1 Å². The van der Waals surface area contributed by atoms with Crippen molar-refractivity contribution in [2.24, 2.45) is 0 Å². The van der Waals surface area contributed by atoms with Gasteiger partial charge in [-0.25, -0.2) is 4.39 Å². The van der Waals surface area contributed by atoms with Crippen LogP contribution in [0.4, 0.5) is 10.1 Å². The third-order valence-corrected chi connectivity index (χ3v) is 3.33. The van der Waals surface area contributed by atoms with Gasteiger partial charge in [0.05, 0.1) is 12.2 Å². The number of carbonyl (C=O) groups is 2. The number of amides is 2. The van der Waals surface area contributed by atoms with Gasteiger partial charge in [0, 0.05) is 26.1 Å². The first-order valence-corrected chi connectivity index (χ1v) is 6.58. The van der Waals surface area contributed by atoms with Crippen LogP contribution in [0.3, 0.4) is 0 Å². The third kappa shape index (κ3) is 3.77. The summed E-state index contributed by atoms with van der Waals surface area (Å²) in [5.74, 6) is -0.627. The van der Waals surface area contributed by atoms with Crippen LogP contribution in [0.1, 0.15) is 12.8 Å². The molecule has 0 radical (unpaired) electrons. The first-order valence-electron chi connectivity index (χ1n) is 6.58. The molecular weight excluding hydrogens is 261 g/mol. The van der Waals surface area contributed by atoms with Crippen LogP contribution in [0.15, 0.2) is 24.3 Å². The van der Waals surface area contributed by atoms with E-state index in [4.69, 9.17) is 0 Å². The molecule has 1 unspecified atom stereocenters. The lowest BCUT2D eigenvalue weighted by Crippen LogP contribution is -2.48. The van der Waals surface area contributed by atoms with Gasteiger partial charge in [-0.3, -0.25) is 9.59 Å². The molecule has 2 rings (SSSR count). The fourth-order valence-corrected chi connectivity index (χ4v) is 2.17. The number of likely N-dealkylation sites (tertiary alicyclic amines) is 1. The molecule has 0 aromatic heterocycles. The Morgan fingerprint density at radius 2 is 2.20 bits per heavy atom. The van der Waals surface area contributed by atoms with Crippen LogP contribution in [0, 0.1) is 5.82 Å². The number of halogens is 1. The molecule has 20 heavy (non-hydrogen) atoms. The summed E-state index contributed by atoms with van der Waals surface area (Å²) in [5, 5.41) is 5.60. The third-order valence-electron chi connectivity index (χ3n) is 3.33. The summed E-state index contributed by atoms with van der Waals surface area (Å²) in [6, 6.07) is 6.14. The largest absolute Gasteiger partial charge is 0.344 e. The lowest BCUT2D eigenvalue weighted by Gasteiger charge is -2.30. The standard InChI is InChI=1S/C14H18FN3O2/c1-18-9-10(6-7-14(18)20)16-8-13(19)17-12-5-3-2-4-11(12)15/h2-5,10,16H,6-9H2,1H3,(H,17,19). The first kappa shape index (κ1) is 14.5. The number of hydrogen-bond acceptors (Lipinski definition) is 3. The number of likely N-dealkylation sites (N-methyl/N-ethyl adjacent to an activating group) is 1. The molecule has 1 saturated heterocycles. The molecule has 1 aliphatic rings. The van der Waals surface area contributed by atoms with E-state index in [0.717, 1.165) is 6.42 Å². The molecule has 1 aliphatic heterocycles. The Hall–Kier alpha value is -1.95. The molecule has 1 atom stereocenters. The average molecular weight is 279 g/mol. The van der Waals surface area contributed by atoms with Crippen molar-refractivity contribution >= 4 is 17.5 Å². The predicted octanol–water partition coefficient (Wildman–Crippen LogP) is 0.975. The molecule has 1 aromatic rings. The van der Waals surface area contributed by atoms with Gasteiger partial charge < -0.3 is 15.5 Å². The van der Waals surface area contributed by atoms with E-state index in [1.807, 2.05) is 0 Å². The molecule has 2 N–H and O–H groups in total. The van der Waals surface area contributed by atoms with Crippen LogP contribution in [0.5, 0.6) is 0 Å². The van der Waals surface area contributed by atoms with E-state index in [0.29, 0.717) is 13.0 Å². The molecule has 2 amide bonds. The highest BCUT2D eigenvalue weighted by atomic mass is 19.1. The Bertz CT molecular complexity index is 507. The lowest BCUT2D eigenvalue weighted by atomic mass is 10.1. The van der Waals surface area contributed by atoms with E-state index < -0.39 is 5.82 Å². The molecule has 0 spiro atoms. The second-order valence-electron chi connectivity index (χ2n) is 4.92. The number of carbonyl (C=O) groups excluding carboxylic acids is 2. The van der Waals surface area contributed by atoms with Gasteiger partial charge in [-0.2, -0.15) is 0 Å². The van der Waals surface area contributed by atoms with E-state index in [-0.39, 0.29) is 30.1 Å². The van der Waals surface area contributed by atoms with Crippen LogP contribution < -0.4 is 10.6 Å². The second-order valence-corrected chi connectivity index (χ2v) is 4.92. The van der Waals surface area contributed by atoms with Gasteiger partial charge in [-0.05, 0) is 18.6 Å². The molecule has 0 saturated carbocycles. The highest BCUT2D eigenvalue weighted by molar-refractivity contribution is 5.92. The summed E-state index contributed by atoms with van der Waals surface area (Å²) >= 11 is 0. The van der Waals surface area contributed by atoms with Crippen LogP contribution >= 0.6 is 0 Å². The summed E-state index contributed by atoms with van der Waals surface area (Å²) < 4.78 is 13.4. The maximum atomic E-state index is 13.4. The van der Waals surface area contributed by atoms with E-state index >= 15 is 0 Å². The molecule has 108 valence electrons. The van der Waals surface area contributed by atoms with Crippen LogP contribution in [-0.2, 0) is 9.59 Å². The zero-order valence-corrected chi connectivity index (χ0v) is 11.4. The molecule has 1 fully saturated rings. The highest BCUT2D eigenvalue weighted by Crippen LogP contribution is 2.12. The Morgan fingerprint density at radius 3 is 2.90 bits per heavy atom. The van der Waals surface area contributed by atoms with Gasteiger partial charge in [0.25, 0.3) is 0 Å². The molecule has 5 nitrogen and oxygen atoms in total. The van der Waals surface area contributed by atoms with Crippen molar-refractivity contribution < 1.29 is 14.0 Å². The number of anilines is 1. The number of piperidine rings is 1. The van der Waals surface area contributed by atoms with Gasteiger partial charge in [-0.15, -0.1) is 0 Å². The van der Waals surface area contributed by atoms with Gasteiger partial charge in [-0.1, -0.05) is 12.1 Å². The number of nitrogens with zero attached hydrogens (tertiary/aromatic N) is 1. The summed E-state index contributed by atoms with van der Waals surface area (Å²) in [7, 11) is 1.75. The Morgan fingerprint density at radius 1 is 1.45 bits per heavy atom. The average Bonchev–Trinajstić information content (AvgIpc) is 2.43. The molecule has 1 heterocycles. The molecule has 1 aromatic carbocycles. The molecule has 0 bridgehead atoms. The minimum absolute atomic E-state index is 0.0982. The highest BCUT2D eigenvalue weighted by Gasteiger charge is 2.22. The van der Waals surface area contributed by atoms with Crippen molar-refractivity contribution in [2.45, 2.75) is 18.9 Å². The molecular formula is C14H18FN3O2. The number of benzene rings is 1. The van der Waals surface area contributed by atoms with Crippen LogP contribution in [0.25, 0.3) is 0 Å². The first-order chi connectivity index (χ1) is 9.56. The maximum Gasteiger partial charge on any atom is 0.238 e. The Labute approximate surface area is 117 Å². The van der Waals surface area contributed by atoms with Gasteiger partial charge >= 0.3 is 0 Å². The fourth-order valence-electron chi connectivity index (χ4n) is 2.17. The van der Waals surface area contributed by atoms with E-state index in [9.17, 15) is 14.0 Å². The van der Waals surface area contributed by atoms with E-state index in [1.165, 1.54) is 12.1 Å². The second kappa shape index (κ2) is 6.47. The molecule has 6 heteroatoms. The Kier molecular flexibility index (Phi) is 4.68. The quantitative estimate of drug-likeness (QED) is 0.863. The number of nitrogens with one attached hydrogen (secondary N) is 2. The zero-order valence-electron chi connectivity index (χ0n) is 11.4. The SMILES string of the molecule is CN1CC(NCC(=O)Nc2ccccc2F)CCC1=O. The topological polar surface area (TPSA) is 61.4 Å². The lowest BCUT2D eigenvalue weighted by molar-refractivity contribution is -0.132. The number of para-hydroxylation sites is 1. The zero-order chi connectivity index (χ0) is 14.5. The minimum Gasteiger partial charge on any atom is -0.344 e. The predicted molar refractivity (Wildman–Crippen MR) is 73.7 cm³/mol. The van der Waals surface area contributed by atoms with Crippen molar-refractivity contribution in [1.82, 2.24) is 10.2 Å². The number of hydrogen-bond donors (Lipinski definition) is 2. The number of rotatable bonds is 4. The van der Waals surface area contributed by atoms with Crippen molar-refractivity contribution in [3.63, 3.8) is 0 Å². The summed E-state index contributed by atoms with van der Waals surface area (Å²) in [6.45, 7) is 0.687. The van der Waals surface area contributed by atoms with Gasteiger partial charge in [0.2, 0.25) is 11.8 Å². The monoisotopic (exact) mass is 279 g/mol. The Balaban J connectivity index is 1.78. The van der Waals surface area contributed by atoms with E-state index in [1.54, 1.807) is 24.1 Å². The van der Waals surface area contributed by atoms with E-state index in [2.05, 4.69) is 10.6 Å². The van der Waals surface area contributed by atoms with Gasteiger partial charge in [0.15, 0.2) is 0 Å². The van der Waals surface area contributed by atoms with Crippen molar-refractivity contribution in [3.8, 4) is 0 Å². The molecule has 0 aliphatic carbocycles.